The number of alkyl halides is 3. The zero-order valence-corrected chi connectivity index (χ0v) is 8.97. The topological polar surface area (TPSA) is 30.7 Å². The van der Waals surface area contributed by atoms with Gasteiger partial charge in [-0.3, -0.25) is 0 Å². The van der Waals surface area contributed by atoms with E-state index in [2.05, 4.69) is 9.97 Å². The van der Waals surface area contributed by atoms with Gasteiger partial charge >= 0.3 is 6.18 Å². The zero-order valence-electron chi connectivity index (χ0n) is 8.22. The number of imidazole rings is 1. The fraction of sp³-hybridized carbons (Fsp3) is 0.333. The number of rotatable bonds is 1. The van der Waals surface area contributed by atoms with Crippen LogP contribution in [-0.4, -0.2) is 14.5 Å². The third-order valence-corrected chi connectivity index (χ3v) is 2.34. The minimum absolute atomic E-state index is 0.138. The van der Waals surface area contributed by atoms with E-state index in [1.54, 1.807) is 6.92 Å². The van der Waals surface area contributed by atoms with Gasteiger partial charge in [0.2, 0.25) is 5.82 Å². The van der Waals surface area contributed by atoms with Gasteiger partial charge in [0.05, 0.1) is 0 Å². The third kappa shape index (κ3) is 1.73. The first-order chi connectivity index (χ1) is 7.43. The lowest BCUT2D eigenvalue weighted by Gasteiger charge is -2.07. The van der Waals surface area contributed by atoms with E-state index in [1.165, 1.54) is 12.1 Å². The van der Waals surface area contributed by atoms with Crippen LogP contribution >= 0.6 is 11.6 Å². The number of nitrogens with zero attached hydrogens (tertiary/aromatic N) is 3. The average molecular weight is 250 g/mol. The van der Waals surface area contributed by atoms with Crippen LogP contribution in [0, 0.1) is 0 Å². The maximum absolute atomic E-state index is 12.6. The summed E-state index contributed by atoms with van der Waals surface area (Å²) in [5.41, 5.74) is 0.348. The highest BCUT2D eigenvalue weighted by Crippen LogP contribution is 2.31. The highest BCUT2D eigenvalue weighted by molar-refractivity contribution is 6.29. The Hall–Kier alpha value is -1.30. The Morgan fingerprint density at radius 3 is 2.56 bits per heavy atom. The second kappa shape index (κ2) is 3.62. The molecule has 0 N–H and O–H groups in total. The second-order valence-electron chi connectivity index (χ2n) is 3.15. The van der Waals surface area contributed by atoms with E-state index < -0.39 is 12.0 Å². The van der Waals surface area contributed by atoms with E-state index >= 15 is 0 Å². The number of pyridine rings is 1. The molecule has 0 saturated carbocycles. The van der Waals surface area contributed by atoms with Gasteiger partial charge in [-0.25, -0.2) is 9.97 Å². The van der Waals surface area contributed by atoms with Crippen LogP contribution in [0.5, 0.6) is 0 Å². The van der Waals surface area contributed by atoms with Crippen LogP contribution in [0.25, 0.3) is 11.2 Å². The van der Waals surface area contributed by atoms with Gasteiger partial charge in [0.25, 0.3) is 0 Å². The van der Waals surface area contributed by atoms with Gasteiger partial charge in [-0.1, -0.05) is 11.6 Å². The fourth-order valence-electron chi connectivity index (χ4n) is 1.49. The molecule has 0 aliphatic carbocycles. The van der Waals surface area contributed by atoms with Gasteiger partial charge in [-0.15, -0.1) is 0 Å². The number of fused-ring (bicyclic) bond motifs is 1. The lowest BCUT2D eigenvalue weighted by atomic mass is 10.4. The first-order valence-electron chi connectivity index (χ1n) is 4.53. The van der Waals surface area contributed by atoms with E-state index in [0.717, 1.165) is 4.57 Å². The summed E-state index contributed by atoms with van der Waals surface area (Å²) in [5, 5.41) is 0.149. The molecule has 0 aliphatic heterocycles. The lowest BCUT2D eigenvalue weighted by Crippen LogP contribution is -2.14. The Balaban J connectivity index is 2.77. The number of aromatic nitrogens is 3. The van der Waals surface area contributed by atoms with Crippen molar-refractivity contribution < 1.29 is 13.2 Å². The van der Waals surface area contributed by atoms with Gasteiger partial charge < -0.3 is 4.57 Å². The molecule has 0 bridgehead atoms. The van der Waals surface area contributed by atoms with Crippen molar-refractivity contribution in [1.82, 2.24) is 14.5 Å². The van der Waals surface area contributed by atoms with Crippen molar-refractivity contribution in [3.8, 4) is 0 Å². The van der Waals surface area contributed by atoms with Crippen molar-refractivity contribution in [3.05, 3.63) is 23.1 Å². The van der Waals surface area contributed by atoms with Crippen molar-refractivity contribution >= 4 is 22.8 Å². The summed E-state index contributed by atoms with van der Waals surface area (Å²) in [7, 11) is 0. The Morgan fingerprint density at radius 2 is 2.00 bits per heavy atom. The summed E-state index contributed by atoms with van der Waals surface area (Å²) in [6, 6.07) is 2.84. The maximum atomic E-state index is 12.6. The van der Waals surface area contributed by atoms with Crippen molar-refractivity contribution in [2.24, 2.45) is 0 Å². The molecule has 16 heavy (non-hydrogen) atoms. The van der Waals surface area contributed by atoms with Crippen molar-refractivity contribution in [1.29, 1.82) is 0 Å². The van der Waals surface area contributed by atoms with Crippen LogP contribution in [0.15, 0.2) is 12.1 Å². The van der Waals surface area contributed by atoms with E-state index in [4.69, 9.17) is 11.6 Å². The van der Waals surface area contributed by atoms with E-state index in [1.807, 2.05) is 0 Å². The largest absolute Gasteiger partial charge is 0.449 e. The normalized spacial score (nSPS) is 12.3. The highest BCUT2D eigenvalue weighted by atomic mass is 35.5. The van der Waals surface area contributed by atoms with E-state index in [0.29, 0.717) is 0 Å². The Labute approximate surface area is 93.9 Å². The molecular formula is C9H7ClF3N3. The smallest absolute Gasteiger partial charge is 0.305 e. The molecule has 0 saturated heterocycles. The maximum Gasteiger partial charge on any atom is 0.449 e. The van der Waals surface area contributed by atoms with Gasteiger partial charge in [-0.2, -0.15) is 13.2 Å². The lowest BCUT2D eigenvalue weighted by molar-refractivity contribution is -0.146. The number of hydrogen-bond donors (Lipinski definition) is 0. The molecular weight excluding hydrogens is 243 g/mol. The van der Waals surface area contributed by atoms with Gasteiger partial charge in [-0.05, 0) is 19.1 Å². The minimum atomic E-state index is -4.48. The first kappa shape index (κ1) is 11.2. The van der Waals surface area contributed by atoms with Gasteiger partial charge in [0.15, 0.2) is 5.65 Å². The summed E-state index contributed by atoms with van der Waals surface area (Å²) in [4.78, 5) is 7.36. The predicted octanol–water partition coefficient (Wildman–Crippen LogP) is 3.12. The molecule has 0 fully saturated rings. The van der Waals surface area contributed by atoms with Gasteiger partial charge in [0.1, 0.15) is 10.7 Å². The molecule has 2 aromatic rings. The summed E-state index contributed by atoms with van der Waals surface area (Å²) in [6.07, 6.45) is -4.48. The molecule has 0 amide bonds. The minimum Gasteiger partial charge on any atom is -0.305 e. The highest BCUT2D eigenvalue weighted by Gasteiger charge is 2.37. The van der Waals surface area contributed by atoms with Gasteiger partial charge in [0, 0.05) is 6.54 Å². The number of aryl methyl sites for hydroxylation is 1. The monoisotopic (exact) mass is 249 g/mol. The first-order valence-corrected chi connectivity index (χ1v) is 4.91. The van der Waals surface area contributed by atoms with Crippen LogP contribution in [-0.2, 0) is 12.7 Å². The predicted molar refractivity (Wildman–Crippen MR) is 53.2 cm³/mol. The van der Waals surface area contributed by atoms with Crippen molar-refractivity contribution in [3.63, 3.8) is 0 Å². The molecule has 0 atom stereocenters. The second-order valence-corrected chi connectivity index (χ2v) is 3.54. The Bertz CT molecular complexity index is 533. The van der Waals surface area contributed by atoms with Crippen LogP contribution in [0.3, 0.4) is 0 Å². The summed E-state index contributed by atoms with van der Waals surface area (Å²) in [6.45, 7) is 1.73. The summed E-state index contributed by atoms with van der Waals surface area (Å²) < 4.78 is 38.9. The quantitative estimate of drug-likeness (QED) is 0.727. The molecule has 0 unspecified atom stereocenters. The van der Waals surface area contributed by atoms with Crippen molar-refractivity contribution in [2.75, 3.05) is 0 Å². The molecule has 3 nitrogen and oxygen atoms in total. The molecule has 7 heteroatoms. The number of halogens is 4. The Kier molecular flexibility index (Phi) is 2.53. The molecule has 0 aromatic carbocycles. The molecule has 2 rings (SSSR count). The molecule has 0 aliphatic rings. The van der Waals surface area contributed by atoms with Crippen LogP contribution in [0.4, 0.5) is 13.2 Å². The SMILES string of the molecule is CCn1c(C(F)(F)F)nc2ccc(Cl)nc21. The standard InChI is InChI=1S/C9H7ClF3N3/c1-2-16-7-5(3-4-6(10)15-7)14-8(16)9(11,12)13/h3-4H,2H2,1H3. The summed E-state index contributed by atoms with van der Waals surface area (Å²) in [5.74, 6) is -0.945. The average Bonchev–Trinajstić information content (AvgIpc) is 2.54. The van der Waals surface area contributed by atoms with E-state index in [9.17, 15) is 13.2 Å². The third-order valence-electron chi connectivity index (χ3n) is 2.13. The molecule has 86 valence electrons. The van der Waals surface area contributed by atoms with Crippen LogP contribution < -0.4 is 0 Å². The zero-order chi connectivity index (χ0) is 11.9. The molecule has 2 aromatic heterocycles. The van der Waals surface area contributed by atoms with E-state index in [-0.39, 0.29) is 22.9 Å². The summed E-state index contributed by atoms with van der Waals surface area (Å²) >= 11 is 5.64. The molecule has 0 spiro atoms. The fourth-order valence-corrected chi connectivity index (χ4v) is 1.64. The van der Waals surface area contributed by atoms with Crippen LogP contribution in [0.1, 0.15) is 12.7 Å². The number of hydrogen-bond acceptors (Lipinski definition) is 2. The van der Waals surface area contributed by atoms with Crippen molar-refractivity contribution in [2.45, 2.75) is 19.6 Å². The van der Waals surface area contributed by atoms with Crippen LogP contribution in [0.2, 0.25) is 5.15 Å². The molecule has 2 heterocycles. The molecule has 0 radical (unpaired) electrons. The Morgan fingerprint density at radius 1 is 1.31 bits per heavy atom.